The summed E-state index contributed by atoms with van der Waals surface area (Å²) in [5.41, 5.74) is 7.57. The molecule has 5 rings (SSSR count). The van der Waals surface area contributed by atoms with E-state index >= 15 is 0 Å². The van der Waals surface area contributed by atoms with Crippen LogP contribution in [0.1, 0.15) is 5.56 Å². The summed E-state index contributed by atoms with van der Waals surface area (Å²) in [4.78, 5) is 26.9. The van der Waals surface area contributed by atoms with E-state index in [1.54, 1.807) is 36.4 Å². The van der Waals surface area contributed by atoms with Crippen molar-refractivity contribution in [1.29, 1.82) is 0 Å². The second-order valence-electron chi connectivity index (χ2n) is 8.46. The lowest BCUT2D eigenvalue weighted by Gasteiger charge is -2.25. The number of carbonyl (C=O) groups is 2. The van der Waals surface area contributed by atoms with Gasteiger partial charge in [0.2, 0.25) is 0 Å². The predicted molar refractivity (Wildman–Crippen MR) is 147 cm³/mol. The molecule has 4 aromatic rings. The maximum atomic E-state index is 12.9. The van der Waals surface area contributed by atoms with E-state index in [9.17, 15) is 14.7 Å². The second kappa shape index (κ2) is 10.8. The van der Waals surface area contributed by atoms with Crippen molar-refractivity contribution in [3.8, 4) is 0 Å². The SMILES string of the molecule is O=C(O)C1NN(c2ccccc2)C(=O)/C1=C\C=C\c1ccc(N(c2ccccc2)c2ccccc2)cc1. The van der Waals surface area contributed by atoms with Gasteiger partial charge in [-0.2, -0.15) is 0 Å². The van der Waals surface area contributed by atoms with Crippen molar-refractivity contribution >= 4 is 40.7 Å². The molecule has 0 spiro atoms. The molecule has 37 heavy (non-hydrogen) atoms. The van der Waals surface area contributed by atoms with E-state index in [0.29, 0.717) is 5.69 Å². The van der Waals surface area contributed by atoms with Crippen LogP contribution in [0, 0.1) is 0 Å². The number of para-hydroxylation sites is 3. The number of benzene rings is 4. The van der Waals surface area contributed by atoms with Crippen molar-refractivity contribution in [2.24, 2.45) is 0 Å². The zero-order valence-electron chi connectivity index (χ0n) is 19.9. The minimum Gasteiger partial charge on any atom is -0.480 e. The van der Waals surface area contributed by atoms with Crippen LogP contribution in [-0.4, -0.2) is 23.0 Å². The van der Waals surface area contributed by atoms with Gasteiger partial charge in [-0.15, -0.1) is 0 Å². The largest absolute Gasteiger partial charge is 0.480 e. The van der Waals surface area contributed by atoms with Gasteiger partial charge in [-0.05, 0) is 54.1 Å². The number of allylic oxidation sites excluding steroid dienone is 2. The summed E-state index contributed by atoms with van der Waals surface area (Å²) in [7, 11) is 0. The Hall–Kier alpha value is -4.94. The normalized spacial score (nSPS) is 16.4. The van der Waals surface area contributed by atoms with Crippen LogP contribution in [0.4, 0.5) is 22.7 Å². The highest BCUT2D eigenvalue weighted by atomic mass is 16.4. The molecule has 0 bridgehead atoms. The third kappa shape index (κ3) is 5.19. The average molecular weight is 488 g/mol. The molecule has 1 amide bonds. The Morgan fingerprint density at radius 3 is 1.81 bits per heavy atom. The molecule has 1 fully saturated rings. The zero-order valence-corrected chi connectivity index (χ0v) is 19.9. The van der Waals surface area contributed by atoms with E-state index in [2.05, 4.69) is 34.6 Å². The molecule has 0 radical (unpaired) electrons. The lowest BCUT2D eigenvalue weighted by molar-refractivity contribution is -0.138. The molecule has 1 heterocycles. The van der Waals surface area contributed by atoms with E-state index < -0.39 is 12.0 Å². The van der Waals surface area contributed by atoms with Gasteiger partial charge >= 0.3 is 5.97 Å². The molecule has 1 saturated heterocycles. The van der Waals surface area contributed by atoms with Crippen molar-refractivity contribution in [3.05, 3.63) is 139 Å². The molecule has 6 heteroatoms. The molecule has 182 valence electrons. The third-order valence-electron chi connectivity index (χ3n) is 6.03. The van der Waals surface area contributed by atoms with Gasteiger partial charge < -0.3 is 10.0 Å². The van der Waals surface area contributed by atoms with Crippen LogP contribution in [0.5, 0.6) is 0 Å². The van der Waals surface area contributed by atoms with E-state index in [-0.39, 0.29) is 11.5 Å². The third-order valence-corrected chi connectivity index (χ3v) is 6.03. The Labute approximate surface area is 215 Å². The summed E-state index contributed by atoms with van der Waals surface area (Å²) in [5, 5.41) is 10.9. The highest BCUT2D eigenvalue weighted by Crippen LogP contribution is 2.34. The van der Waals surface area contributed by atoms with E-state index in [1.165, 1.54) is 5.01 Å². The van der Waals surface area contributed by atoms with Gasteiger partial charge in [0.1, 0.15) is 0 Å². The summed E-state index contributed by atoms with van der Waals surface area (Å²) in [5.74, 6) is -1.50. The molecule has 4 aromatic carbocycles. The van der Waals surface area contributed by atoms with E-state index in [0.717, 1.165) is 22.6 Å². The fourth-order valence-corrected chi connectivity index (χ4v) is 4.23. The topological polar surface area (TPSA) is 72.9 Å². The number of rotatable bonds is 7. The minimum atomic E-state index is -1.12. The molecule has 0 saturated carbocycles. The summed E-state index contributed by atoms with van der Waals surface area (Å²) >= 11 is 0. The van der Waals surface area contributed by atoms with Crippen LogP contribution in [0.15, 0.2) is 133 Å². The number of amides is 1. The molecule has 0 aliphatic carbocycles. The first kappa shape index (κ1) is 23.8. The maximum Gasteiger partial charge on any atom is 0.327 e. The second-order valence-corrected chi connectivity index (χ2v) is 8.46. The van der Waals surface area contributed by atoms with Gasteiger partial charge in [0, 0.05) is 22.6 Å². The van der Waals surface area contributed by atoms with E-state index in [1.807, 2.05) is 72.8 Å². The van der Waals surface area contributed by atoms with Gasteiger partial charge in [0.05, 0.1) is 5.69 Å². The number of anilines is 4. The Bertz CT molecular complexity index is 1390. The summed E-state index contributed by atoms with van der Waals surface area (Å²) in [6.45, 7) is 0. The van der Waals surface area contributed by atoms with Crippen molar-refractivity contribution in [1.82, 2.24) is 5.43 Å². The van der Waals surface area contributed by atoms with Crippen LogP contribution in [0.3, 0.4) is 0 Å². The molecule has 0 aromatic heterocycles. The number of hydrogen-bond acceptors (Lipinski definition) is 4. The number of carbonyl (C=O) groups excluding carboxylic acids is 1. The number of hydrogen-bond donors (Lipinski definition) is 2. The molecular weight excluding hydrogens is 462 g/mol. The molecule has 6 nitrogen and oxygen atoms in total. The van der Waals surface area contributed by atoms with Gasteiger partial charge in [-0.25, -0.2) is 10.4 Å². The predicted octanol–water partition coefficient (Wildman–Crippen LogP) is 6.10. The van der Waals surface area contributed by atoms with E-state index in [4.69, 9.17) is 0 Å². The lowest BCUT2D eigenvalue weighted by Crippen LogP contribution is -2.40. The number of aliphatic carboxylic acids is 1. The van der Waals surface area contributed by atoms with Crippen molar-refractivity contribution in [2.75, 3.05) is 9.91 Å². The highest BCUT2D eigenvalue weighted by Gasteiger charge is 2.39. The fraction of sp³-hybridized carbons (Fsp3) is 0.0323. The van der Waals surface area contributed by atoms with Crippen molar-refractivity contribution < 1.29 is 14.7 Å². The standard InChI is InChI=1S/C31H25N3O3/c35-30-28(29(31(36)37)32-34(30)27-16-8-3-9-17-27)18-10-11-23-19-21-26(22-20-23)33(24-12-4-1-5-13-24)25-14-6-2-7-15-25/h1-22,29,32H,(H,36,37)/b11-10+,28-18-. The summed E-state index contributed by atoms with van der Waals surface area (Å²) in [6.07, 6.45) is 5.12. The Morgan fingerprint density at radius 1 is 0.757 bits per heavy atom. The van der Waals surface area contributed by atoms with Crippen molar-refractivity contribution in [3.63, 3.8) is 0 Å². The smallest absolute Gasteiger partial charge is 0.327 e. The first-order valence-electron chi connectivity index (χ1n) is 11.9. The number of carboxylic acids is 1. The molecule has 2 N–H and O–H groups in total. The van der Waals surface area contributed by atoms with Crippen LogP contribution in [0.25, 0.3) is 6.08 Å². The quantitative estimate of drug-likeness (QED) is 0.308. The molecule has 1 aliphatic rings. The van der Waals surface area contributed by atoms with Crippen LogP contribution >= 0.6 is 0 Å². The first-order chi connectivity index (χ1) is 18.1. The van der Waals surface area contributed by atoms with Crippen LogP contribution in [0.2, 0.25) is 0 Å². The number of nitrogens with one attached hydrogen (secondary N) is 1. The minimum absolute atomic E-state index is 0.170. The number of hydrazine groups is 1. The monoisotopic (exact) mass is 487 g/mol. The molecule has 1 atom stereocenters. The highest BCUT2D eigenvalue weighted by molar-refractivity contribution is 6.12. The Balaban J connectivity index is 1.38. The van der Waals surface area contributed by atoms with Gasteiger partial charge in [0.15, 0.2) is 6.04 Å². The first-order valence-corrected chi connectivity index (χ1v) is 11.9. The molecule has 1 unspecified atom stereocenters. The Morgan fingerprint density at radius 2 is 1.27 bits per heavy atom. The fourth-order valence-electron chi connectivity index (χ4n) is 4.23. The number of carboxylic acid groups (broad SMARTS) is 1. The van der Waals surface area contributed by atoms with Gasteiger partial charge in [-0.3, -0.25) is 9.59 Å². The van der Waals surface area contributed by atoms with Crippen molar-refractivity contribution in [2.45, 2.75) is 6.04 Å². The molecular formula is C31H25N3O3. The Kier molecular flexibility index (Phi) is 6.92. The number of nitrogens with zero attached hydrogens (tertiary/aromatic N) is 2. The van der Waals surface area contributed by atoms with Gasteiger partial charge in [-0.1, -0.05) is 85.0 Å². The van der Waals surface area contributed by atoms with Crippen LogP contribution in [-0.2, 0) is 9.59 Å². The van der Waals surface area contributed by atoms with Crippen LogP contribution < -0.4 is 15.3 Å². The average Bonchev–Trinajstić information content (AvgIpc) is 3.28. The molecule has 1 aliphatic heterocycles. The summed E-state index contributed by atoms with van der Waals surface area (Å²) < 4.78 is 0. The van der Waals surface area contributed by atoms with Gasteiger partial charge in [0.25, 0.3) is 5.91 Å². The lowest BCUT2D eigenvalue weighted by atomic mass is 10.1. The zero-order chi connectivity index (χ0) is 25.6. The summed E-state index contributed by atoms with van der Waals surface area (Å²) in [6, 6.07) is 36.1. The maximum absolute atomic E-state index is 12.9.